The summed E-state index contributed by atoms with van der Waals surface area (Å²) in [4.78, 5) is 0. The molecule has 0 aliphatic heterocycles. The molecule has 108 valence electrons. The minimum absolute atomic E-state index is 0.0746. The lowest BCUT2D eigenvalue weighted by atomic mass is 10.0. The Morgan fingerprint density at radius 1 is 1.30 bits per heavy atom. The van der Waals surface area contributed by atoms with Crippen LogP contribution in [0.2, 0.25) is 0 Å². The first-order valence-corrected chi connectivity index (χ1v) is 6.83. The van der Waals surface area contributed by atoms with Crippen LogP contribution in [0.3, 0.4) is 0 Å². The second kappa shape index (κ2) is 5.67. The summed E-state index contributed by atoms with van der Waals surface area (Å²) in [7, 11) is 1.69. The smallest absolute Gasteiger partial charge is 0.128 e. The van der Waals surface area contributed by atoms with Gasteiger partial charge in [0.1, 0.15) is 5.75 Å². The topological polar surface area (TPSA) is 49.9 Å². The van der Waals surface area contributed by atoms with Crippen LogP contribution < -0.4 is 10.1 Å². The van der Waals surface area contributed by atoms with Gasteiger partial charge >= 0.3 is 0 Å². The van der Waals surface area contributed by atoms with Crippen molar-refractivity contribution in [3.63, 3.8) is 0 Å². The lowest BCUT2D eigenvalue weighted by Gasteiger charge is -2.20. The van der Waals surface area contributed by atoms with Gasteiger partial charge in [-0.15, -0.1) is 0 Å². The summed E-state index contributed by atoms with van der Waals surface area (Å²) < 4.78 is 5.46. The quantitative estimate of drug-likeness (QED) is 0.898. The molecule has 0 amide bonds. The van der Waals surface area contributed by atoms with Gasteiger partial charge in [-0.05, 0) is 39.8 Å². The number of benzene rings is 1. The van der Waals surface area contributed by atoms with E-state index in [9.17, 15) is 0 Å². The van der Waals surface area contributed by atoms with E-state index in [1.54, 1.807) is 7.11 Å². The molecule has 0 atom stereocenters. The summed E-state index contributed by atoms with van der Waals surface area (Å²) in [5.41, 5.74) is 4.48. The normalized spacial score (nSPS) is 11.7. The lowest BCUT2D eigenvalue weighted by molar-refractivity contribution is 0.415. The van der Waals surface area contributed by atoms with Crippen LogP contribution in [0.15, 0.2) is 24.4 Å². The van der Waals surface area contributed by atoms with Crippen molar-refractivity contribution in [2.45, 2.75) is 39.8 Å². The van der Waals surface area contributed by atoms with Crippen molar-refractivity contribution in [1.82, 2.24) is 15.5 Å². The number of aryl methyl sites for hydroxylation is 1. The molecule has 4 heteroatoms. The minimum atomic E-state index is 0.0746. The molecule has 1 aromatic carbocycles. The van der Waals surface area contributed by atoms with E-state index in [0.717, 1.165) is 29.1 Å². The molecular weight excluding hydrogens is 250 g/mol. The van der Waals surface area contributed by atoms with E-state index in [2.05, 4.69) is 49.3 Å². The Labute approximate surface area is 120 Å². The molecule has 0 unspecified atom stereocenters. The van der Waals surface area contributed by atoms with Gasteiger partial charge in [0.15, 0.2) is 0 Å². The Kier molecular flexibility index (Phi) is 4.14. The lowest BCUT2D eigenvalue weighted by Crippen LogP contribution is -2.35. The van der Waals surface area contributed by atoms with Crippen LogP contribution in [0.1, 0.15) is 31.9 Å². The zero-order valence-corrected chi connectivity index (χ0v) is 12.9. The molecule has 1 heterocycles. The minimum Gasteiger partial charge on any atom is -0.496 e. The molecule has 0 aliphatic carbocycles. The summed E-state index contributed by atoms with van der Waals surface area (Å²) in [6.07, 6.45) is 1.87. The van der Waals surface area contributed by atoms with Crippen molar-refractivity contribution in [3.05, 3.63) is 35.5 Å². The maximum absolute atomic E-state index is 5.46. The molecule has 2 aromatic rings. The first-order valence-electron chi connectivity index (χ1n) is 6.83. The highest BCUT2D eigenvalue weighted by atomic mass is 16.5. The van der Waals surface area contributed by atoms with Crippen LogP contribution in [0.5, 0.6) is 5.75 Å². The fourth-order valence-corrected chi connectivity index (χ4v) is 2.06. The number of methoxy groups -OCH3 is 1. The third kappa shape index (κ3) is 3.39. The van der Waals surface area contributed by atoms with Gasteiger partial charge in [-0.2, -0.15) is 5.10 Å². The van der Waals surface area contributed by atoms with Crippen LogP contribution in [0.25, 0.3) is 11.3 Å². The Balaban J connectivity index is 2.34. The van der Waals surface area contributed by atoms with Crippen molar-refractivity contribution in [1.29, 1.82) is 0 Å². The summed E-state index contributed by atoms with van der Waals surface area (Å²) >= 11 is 0. The molecule has 0 fully saturated rings. The first kappa shape index (κ1) is 14.6. The van der Waals surface area contributed by atoms with E-state index in [1.165, 1.54) is 5.56 Å². The number of nitrogens with zero attached hydrogens (tertiary/aromatic N) is 1. The van der Waals surface area contributed by atoms with Gasteiger partial charge in [0.25, 0.3) is 0 Å². The Bertz CT molecular complexity index is 582. The zero-order valence-electron chi connectivity index (χ0n) is 12.9. The maximum Gasteiger partial charge on any atom is 0.128 e. The van der Waals surface area contributed by atoms with E-state index in [0.29, 0.717) is 0 Å². The number of hydrogen-bond acceptors (Lipinski definition) is 3. The maximum atomic E-state index is 5.46. The molecule has 0 bridgehead atoms. The van der Waals surface area contributed by atoms with E-state index in [1.807, 2.05) is 18.3 Å². The summed E-state index contributed by atoms with van der Waals surface area (Å²) in [6.45, 7) is 9.30. The number of rotatable bonds is 4. The number of hydrogen-bond donors (Lipinski definition) is 2. The van der Waals surface area contributed by atoms with Gasteiger partial charge in [-0.1, -0.05) is 11.6 Å². The van der Waals surface area contributed by atoms with Gasteiger partial charge in [0.05, 0.1) is 19.0 Å². The first-order chi connectivity index (χ1) is 9.40. The molecule has 1 aromatic heterocycles. The standard InChI is InChI=1S/C16H23N3O/c1-11-6-7-14(20-5)13(8-11)15-12(10-18-19-15)9-17-16(2,3)4/h6-8,10,17H,9H2,1-5H3,(H,18,19). The molecule has 2 rings (SSSR count). The molecule has 0 saturated carbocycles. The third-order valence-corrected chi connectivity index (χ3v) is 3.15. The highest BCUT2D eigenvalue weighted by Gasteiger charge is 2.15. The van der Waals surface area contributed by atoms with Crippen LogP contribution >= 0.6 is 0 Å². The predicted octanol–water partition coefficient (Wildman–Crippen LogP) is 3.28. The molecule has 0 radical (unpaired) electrons. The van der Waals surface area contributed by atoms with Crippen molar-refractivity contribution >= 4 is 0 Å². The van der Waals surface area contributed by atoms with E-state index >= 15 is 0 Å². The molecule has 0 aliphatic rings. The summed E-state index contributed by atoms with van der Waals surface area (Å²) in [6, 6.07) is 6.16. The Morgan fingerprint density at radius 2 is 2.05 bits per heavy atom. The largest absolute Gasteiger partial charge is 0.496 e. The van der Waals surface area contributed by atoms with Crippen molar-refractivity contribution in [2.75, 3.05) is 7.11 Å². The second-order valence-electron chi connectivity index (χ2n) is 6.08. The molecular formula is C16H23N3O. The highest BCUT2D eigenvalue weighted by Crippen LogP contribution is 2.31. The van der Waals surface area contributed by atoms with Crippen LogP contribution in [-0.2, 0) is 6.54 Å². The molecule has 4 nitrogen and oxygen atoms in total. The van der Waals surface area contributed by atoms with Crippen molar-refractivity contribution in [3.8, 4) is 17.0 Å². The van der Waals surface area contributed by atoms with Crippen molar-refractivity contribution < 1.29 is 4.74 Å². The fraction of sp³-hybridized carbons (Fsp3) is 0.438. The number of aromatic amines is 1. The van der Waals surface area contributed by atoms with Crippen LogP contribution in [-0.4, -0.2) is 22.8 Å². The van der Waals surface area contributed by atoms with Gasteiger partial charge in [-0.3, -0.25) is 5.10 Å². The van der Waals surface area contributed by atoms with Crippen LogP contribution in [0, 0.1) is 6.92 Å². The van der Waals surface area contributed by atoms with Gasteiger partial charge in [0.2, 0.25) is 0 Å². The monoisotopic (exact) mass is 273 g/mol. The van der Waals surface area contributed by atoms with E-state index in [4.69, 9.17) is 4.74 Å². The van der Waals surface area contributed by atoms with Crippen LogP contribution in [0.4, 0.5) is 0 Å². The van der Waals surface area contributed by atoms with E-state index < -0.39 is 0 Å². The Morgan fingerprint density at radius 3 is 2.70 bits per heavy atom. The van der Waals surface area contributed by atoms with Gasteiger partial charge in [-0.25, -0.2) is 0 Å². The van der Waals surface area contributed by atoms with Gasteiger partial charge in [0, 0.05) is 23.2 Å². The van der Waals surface area contributed by atoms with E-state index in [-0.39, 0.29) is 5.54 Å². The predicted molar refractivity (Wildman–Crippen MR) is 81.9 cm³/mol. The molecule has 20 heavy (non-hydrogen) atoms. The Hall–Kier alpha value is -1.81. The fourth-order valence-electron chi connectivity index (χ4n) is 2.06. The van der Waals surface area contributed by atoms with Crippen molar-refractivity contribution in [2.24, 2.45) is 0 Å². The zero-order chi connectivity index (χ0) is 14.8. The number of aromatic nitrogens is 2. The highest BCUT2D eigenvalue weighted by molar-refractivity contribution is 5.70. The number of ether oxygens (including phenoxy) is 1. The summed E-state index contributed by atoms with van der Waals surface area (Å²) in [5, 5.41) is 10.8. The number of nitrogens with one attached hydrogen (secondary N) is 2. The average molecular weight is 273 g/mol. The summed E-state index contributed by atoms with van der Waals surface area (Å²) in [5.74, 6) is 0.858. The molecule has 2 N–H and O–H groups in total. The molecule has 0 saturated heterocycles. The van der Waals surface area contributed by atoms with Gasteiger partial charge < -0.3 is 10.1 Å². The number of H-pyrrole nitrogens is 1. The average Bonchev–Trinajstić information content (AvgIpc) is 2.83. The SMILES string of the molecule is COc1ccc(C)cc1-c1[nH]ncc1CNC(C)(C)C. The second-order valence-corrected chi connectivity index (χ2v) is 6.08. The third-order valence-electron chi connectivity index (χ3n) is 3.15. The molecule has 0 spiro atoms.